The third-order valence-electron chi connectivity index (χ3n) is 5.43. The molecule has 0 radical (unpaired) electrons. The van der Waals surface area contributed by atoms with Gasteiger partial charge in [0.15, 0.2) is 5.71 Å². The lowest BCUT2D eigenvalue weighted by Crippen LogP contribution is -2.71. The molecule has 0 spiro atoms. The zero-order chi connectivity index (χ0) is 24.4. The van der Waals surface area contributed by atoms with Crippen LogP contribution in [0.3, 0.4) is 0 Å². The van der Waals surface area contributed by atoms with E-state index in [2.05, 4.69) is 10.5 Å². The molecule has 2 aromatic carbocycles. The summed E-state index contributed by atoms with van der Waals surface area (Å²) in [6.45, 7) is 0.998. The van der Waals surface area contributed by atoms with Crippen molar-refractivity contribution in [3.8, 4) is 0 Å². The number of carboxylic acid groups (broad SMARTS) is 1. The maximum Gasteiger partial charge on any atom is 0.352 e. The Labute approximate surface area is 198 Å². The Kier molecular flexibility index (Phi) is 6.55. The smallest absolute Gasteiger partial charge is 0.352 e. The van der Waals surface area contributed by atoms with Crippen LogP contribution in [0.15, 0.2) is 58.9 Å². The second-order valence-electron chi connectivity index (χ2n) is 7.55. The summed E-state index contributed by atoms with van der Waals surface area (Å²) < 4.78 is 4.93. The number of amides is 2. The largest absolute Gasteiger partial charge is 0.477 e. The van der Waals surface area contributed by atoms with Gasteiger partial charge in [0, 0.05) is 23.8 Å². The number of fused-ring (bicyclic) bond motifs is 2. The third kappa shape index (κ3) is 4.21. The lowest BCUT2D eigenvalue weighted by Gasteiger charge is -2.49. The second kappa shape index (κ2) is 9.56. The molecule has 2 aliphatic rings. The van der Waals surface area contributed by atoms with Crippen molar-refractivity contribution < 1.29 is 33.9 Å². The van der Waals surface area contributed by atoms with E-state index < -0.39 is 35.2 Å². The first-order valence-corrected chi connectivity index (χ1v) is 11.3. The van der Waals surface area contributed by atoms with Crippen molar-refractivity contribution in [3.63, 3.8) is 0 Å². The molecule has 0 aliphatic carbocycles. The van der Waals surface area contributed by atoms with E-state index in [4.69, 9.17) is 9.57 Å². The molecule has 4 rings (SSSR count). The number of carbonyl (C=O) groups is 4. The predicted octanol–water partition coefficient (Wildman–Crippen LogP) is 1.49. The molecule has 1 fully saturated rings. The third-order valence-corrected chi connectivity index (χ3v) is 6.77. The number of aliphatic carboxylic acids is 1. The van der Waals surface area contributed by atoms with Crippen LogP contribution in [0.4, 0.5) is 0 Å². The number of thioether (sulfide) groups is 1. The number of nitrogens with one attached hydrogen (secondary N) is 1. The summed E-state index contributed by atoms with van der Waals surface area (Å²) in [4.78, 5) is 55.1. The number of hydrogen-bond acceptors (Lipinski definition) is 8. The standard InChI is InChI=1S/C23H21N3O7S/c1-12(27)33-10-14-11-34-22-18(21(29)26(22)19(14)23(30)31)24-20(28)17(25-32-2)16-9-5-7-13-6-3-4-8-15(13)16/h3-9,18,22H,10-11H2,1-2H3,(H,24,28)(H,30,31)/t18-,22-/m1/s1. The molecular weight excluding hydrogens is 462 g/mol. The highest BCUT2D eigenvalue weighted by Gasteiger charge is 2.54. The summed E-state index contributed by atoms with van der Waals surface area (Å²) in [6.07, 6.45) is 0. The summed E-state index contributed by atoms with van der Waals surface area (Å²) in [5, 5.41) is 17.3. The van der Waals surface area contributed by atoms with Crippen LogP contribution in [0.5, 0.6) is 0 Å². The van der Waals surface area contributed by atoms with E-state index in [1.165, 1.54) is 25.8 Å². The topological polar surface area (TPSA) is 135 Å². The minimum atomic E-state index is -1.30. The maximum atomic E-state index is 13.2. The van der Waals surface area contributed by atoms with Crippen LogP contribution in [0.2, 0.25) is 0 Å². The van der Waals surface area contributed by atoms with Crippen LogP contribution in [0, 0.1) is 0 Å². The molecule has 176 valence electrons. The lowest BCUT2D eigenvalue weighted by molar-refractivity contribution is -0.150. The summed E-state index contributed by atoms with van der Waals surface area (Å²) in [6, 6.07) is 12.0. The molecule has 2 aliphatic heterocycles. The Hall–Kier alpha value is -3.86. The van der Waals surface area contributed by atoms with Crippen LogP contribution < -0.4 is 5.32 Å². The van der Waals surface area contributed by atoms with Gasteiger partial charge in [-0.05, 0) is 10.8 Å². The normalized spacial score (nSPS) is 19.9. The molecule has 0 unspecified atom stereocenters. The Morgan fingerprint density at radius 3 is 2.65 bits per heavy atom. The number of oxime groups is 1. The number of carbonyl (C=O) groups excluding carboxylic acids is 3. The lowest BCUT2D eigenvalue weighted by atomic mass is 9.99. The Morgan fingerprint density at radius 1 is 1.21 bits per heavy atom. The monoisotopic (exact) mass is 483 g/mol. The average molecular weight is 484 g/mol. The number of nitrogens with zero attached hydrogens (tertiary/aromatic N) is 2. The predicted molar refractivity (Wildman–Crippen MR) is 124 cm³/mol. The molecule has 2 N–H and O–H groups in total. The molecule has 2 aromatic rings. The van der Waals surface area contributed by atoms with E-state index in [1.807, 2.05) is 30.3 Å². The fourth-order valence-corrected chi connectivity index (χ4v) is 5.26. The van der Waals surface area contributed by atoms with Crippen LogP contribution in [-0.4, -0.2) is 70.4 Å². The Morgan fingerprint density at radius 2 is 1.94 bits per heavy atom. The van der Waals surface area contributed by atoms with Gasteiger partial charge >= 0.3 is 11.9 Å². The zero-order valence-electron chi connectivity index (χ0n) is 18.3. The van der Waals surface area contributed by atoms with Crippen molar-refractivity contribution >= 4 is 52.0 Å². The Balaban J connectivity index is 1.57. The van der Waals surface area contributed by atoms with E-state index in [-0.39, 0.29) is 23.8 Å². The van der Waals surface area contributed by atoms with Crippen molar-refractivity contribution in [1.29, 1.82) is 0 Å². The molecule has 0 aromatic heterocycles. The number of ether oxygens (including phenoxy) is 1. The van der Waals surface area contributed by atoms with Gasteiger partial charge in [-0.1, -0.05) is 47.6 Å². The minimum absolute atomic E-state index is 0.00379. The number of benzene rings is 2. The number of carboxylic acids is 1. The molecule has 2 amide bonds. The number of hydrogen-bond donors (Lipinski definition) is 2. The van der Waals surface area contributed by atoms with Crippen LogP contribution in [0.1, 0.15) is 12.5 Å². The number of β-lactam (4-membered cyclic amide) rings is 1. The van der Waals surface area contributed by atoms with E-state index in [9.17, 15) is 24.3 Å². The molecule has 2 heterocycles. The van der Waals surface area contributed by atoms with Gasteiger partial charge in [-0.2, -0.15) is 0 Å². The zero-order valence-corrected chi connectivity index (χ0v) is 19.1. The van der Waals surface area contributed by atoms with Crippen molar-refractivity contribution in [3.05, 3.63) is 59.3 Å². The number of rotatable bonds is 7. The van der Waals surface area contributed by atoms with E-state index >= 15 is 0 Å². The van der Waals surface area contributed by atoms with E-state index in [0.29, 0.717) is 11.1 Å². The van der Waals surface area contributed by atoms with Crippen molar-refractivity contribution in [2.24, 2.45) is 5.16 Å². The van der Waals surface area contributed by atoms with Gasteiger partial charge < -0.3 is 20.0 Å². The van der Waals surface area contributed by atoms with Crippen molar-refractivity contribution in [2.75, 3.05) is 19.5 Å². The summed E-state index contributed by atoms with van der Waals surface area (Å²) >= 11 is 1.28. The first-order valence-electron chi connectivity index (χ1n) is 10.3. The summed E-state index contributed by atoms with van der Waals surface area (Å²) in [5.41, 5.74) is 0.628. The van der Waals surface area contributed by atoms with Crippen LogP contribution >= 0.6 is 11.8 Å². The van der Waals surface area contributed by atoms with Crippen LogP contribution in [-0.2, 0) is 28.8 Å². The first kappa shape index (κ1) is 23.3. The summed E-state index contributed by atoms with van der Waals surface area (Å²) in [5.74, 6) is -2.81. The van der Waals surface area contributed by atoms with Gasteiger partial charge in [-0.3, -0.25) is 19.3 Å². The molecule has 0 saturated carbocycles. The highest BCUT2D eigenvalue weighted by atomic mass is 32.2. The molecule has 0 bridgehead atoms. The van der Waals surface area contributed by atoms with Crippen molar-refractivity contribution in [2.45, 2.75) is 18.3 Å². The molecular formula is C23H21N3O7S. The fraction of sp³-hybridized carbons (Fsp3) is 0.261. The fourth-order valence-electron chi connectivity index (χ4n) is 3.93. The first-order chi connectivity index (χ1) is 16.3. The Bertz CT molecular complexity index is 1250. The van der Waals surface area contributed by atoms with E-state index in [1.54, 1.807) is 12.1 Å². The SMILES string of the molecule is CON=C(C(=O)N[C@@H]1C(=O)N2C(C(=O)O)=C(COC(C)=O)CS[C@H]12)c1cccc2ccccc12. The van der Waals surface area contributed by atoms with Gasteiger partial charge in [0.05, 0.1) is 0 Å². The highest BCUT2D eigenvalue weighted by molar-refractivity contribution is 8.00. The van der Waals surface area contributed by atoms with Gasteiger partial charge in [0.2, 0.25) is 0 Å². The average Bonchev–Trinajstić information content (AvgIpc) is 2.83. The maximum absolute atomic E-state index is 13.2. The summed E-state index contributed by atoms with van der Waals surface area (Å²) in [7, 11) is 1.32. The minimum Gasteiger partial charge on any atom is -0.477 e. The molecule has 10 nitrogen and oxygen atoms in total. The number of esters is 1. The molecule has 2 atom stereocenters. The van der Waals surface area contributed by atoms with Crippen LogP contribution in [0.25, 0.3) is 10.8 Å². The van der Waals surface area contributed by atoms with Crippen molar-refractivity contribution in [1.82, 2.24) is 10.2 Å². The van der Waals surface area contributed by atoms with Gasteiger partial charge in [-0.25, -0.2) is 4.79 Å². The molecule has 1 saturated heterocycles. The quantitative estimate of drug-likeness (QED) is 0.262. The second-order valence-corrected chi connectivity index (χ2v) is 8.65. The van der Waals surface area contributed by atoms with Gasteiger partial charge in [0.1, 0.15) is 30.8 Å². The molecule has 34 heavy (non-hydrogen) atoms. The molecule has 11 heteroatoms. The highest BCUT2D eigenvalue weighted by Crippen LogP contribution is 2.40. The van der Waals surface area contributed by atoms with Gasteiger partial charge in [0.25, 0.3) is 11.8 Å². The van der Waals surface area contributed by atoms with E-state index in [0.717, 1.165) is 15.7 Å². The van der Waals surface area contributed by atoms with Gasteiger partial charge in [-0.15, -0.1) is 11.8 Å².